The standard InChI is InChI=1S/C14H27N3O2/c1-5-16(11(4)18)9-12-7-6-8-17(12)14(19)13(15)10(2)3/h10,12-13H,5-9,15H2,1-4H3. The van der Waals surface area contributed by atoms with E-state index in [0.717, 1.165) is 19.4 Å². The highest BCUT2D eigenvalue weighted by atomic mass is 16.2. The second-order valence-corrected chi connectivity index (χ2v) is 5.66. The third-order valence-corrected chi connectivity index (χ3v) is 3.92. The first-order valence-corrected chi connectivity index (χ1v) is 7.20. The average Bonchev–Trinajstić information content (AvgIpc) is 2.81. The van der Waals surface area contributed by atoms with Crippen molar-refractivity contribution in [2.75, 3.05) is 19.6 Å². The second-order valence-electron chi connectivity index (χ2n) is 5.66. The molecule has 110 valence electrons. The molecule has 0 spiro atoms. The summed E-state index contributed by atoms with van der Waals surface area (Å²) in [7, 11) is 0. The van der Waals surface area contributed by atoms with Crippen LogP contribution in [0.15, 0.2) is 0 Å². The van der Waals surface area contributed by atoms with Crippen molar-refractivity contribution in [2.45, 2.75) is 52.6 Å². The molecule has 2 atom stereocenters. The van der Waals surface area contributed by atoms with Crippen molar-refractivity contribution in [1.82, 2.24) is 9.80 Å². The van der Waals surface area contributed by atoms with Gasteiger partial charge in [-0.05, 0) is 25.7 Å². The first-order valence-electron chi connectivity index (χ1n) is 7.20. The van der Waals surface area contributed by atoms with Crippen LogP contribution in [-0.4, -0.2) is 53.3 Å². The van der Waals surface area contributed by atoms with E-state index < -0.39 is 6.04 Å². The molecule has 0 aromatic rings. The summed E-state index contributed by atoms with van der Waals surface area (Å²) in [6.45, 7) is 9.53. The zero-order valence-electron chi connectivity index (χ0n) is 12.6. The fraction of sp³-hybridized carbons (Fsp3) is 0.857. The van der Waals surface area contributed by atoms with E-state index in [4.69, 9.17) is 5.73 Å². The molecule has 0 bridgehead atoms. The van der Waals surface area contributed by atoms with E-state index in [2.05, 4.69) is 0 Å². The minimum absolute atomic E-state index is 0.0251. The summed E-state index contributed by atoms with van der Waals surface area (Å²) in [4.78, 5) is 27.5. The minimum atomic E-state index is -0.437. The summed E-state index contributed by atoms with van der Waals surface area (Å²) in [6, 6.07) is -0.311. The smallest absolute Gasteiger partial charge is 0.240 e. The molecule has 0 radical (unpaired) electrons. The Kier molecular flexibility index (Phi) is 5.79. The van der Waals surface area contributed by atoms with E-state index in [1.54, 1.807) is 11.8 Å². The molecule has 0 aliphatic carbocycles. The van der Waals surface area contributed by atoms with Crippen LogP contribution in [0, 0.1) is 5.92 Å². The van der Waals surface area contributed by atoms with Crippen LogP contribution in [0.1, 0.15) is 40.5 Å². The molecule has 0 saturated carbocycles. The van der Waals surface area contributed by atoms with Gasteiger partial charge in [0, 0.05) is 32.6 Å². The fourth-order valence-electron chi connectivity index (χ4n) is 2.53. The van der Waals surface area contributed by atoms with Crippen molar-refractivity contribution in [3.63, 3.8) is 0 Å². The van der Waals surface area contributed by atoms with Gasteiger partial charge in [-0.3, -0.25) is 9.59 Å². The van der Waals surface area contributed by atoms with E-state index in [0.29, 0.717) is 13.1 Å². The summed E-state index contributed by atoms with van der Waals surface area (Å²) in [5, 5.41) is 0. The molecule has 1 aliphatic rings. The number of nitrogens with zero attached hydrogens (tertiary/aromatic N) is 2. The van der Waals surface area contributed by atoms with Crippen molar-refractivity contribution in [1.29, 1.82) is 0 Å². The quantitative estimate of drug-likeness (QED) is 0.804. The fourth-order valence-corrected chi connectivity index (χ4v) is 2.53. The number of nitrogens with two attached hydrogens (primary N) is 1. The average molecular weight is 269 g/mol. The molecular weight excluding hydrogens is 242 g/mol. The van der Waals surface area contributed by atoms with Crippen LogP contribution in [0.3, 0.4) is 0 Å². The maximum atomic E-state index is 12.3. The minimum Gasteiger partial charge on any atom is -0.341 e. The van der Waals surface area contributed by atoms with Gasteiger partial charge in [-0.1, -0.05) is 13.8 Å². The summed E-state index contributed by atoms with van der Waals surface area (Å²) >= 11 is 0. The molecule has 2 N–H and O–H groups in total. The number of likely N-dealkylation sites (N-methyl/N-ethyl adjacent to an activating group) is 1. The van der Waals surface area contributed by atoms with E-state index in [1.807, 2.05) is 25.7 Å². The molecule has 0 aromatic carbocycles. The van der Waals surface area contributed by atoms with Gasteiger partial charge in [-0.15, -0.1) is 0 Å². The predicted molar refractivity (Wildman–Crippen MR) is 75.5 cm³/mol. The summed E-state index contributed by atoms with van der Waals surface area (Å²) < 4.78 is 0. The second kappa shape index (κ2) is 6.89. The van der Waals surface area contributed by atoms with Gasteiger partial charge in [-0.25, -0.2) is 0 Å². The van der Waals surface area contributed by atoms with Crippen LogP contribution >= 0.6 is 0 Å². The van der Waals surface area contributed by atoms with Crippen molar-refractivity contribution in [3.05, 3.63) is 0 Å². The highest BCUT2D eigenvalue weighted by Crippen LogP contribution is 2.20. The monoisotopic (exact) mass is 269 g/mol. The van der Waals surface area contributed by atoms with Crippen molar-refractivity contribution < 1.29 is 9.59 Å². The van der Waals surface area contributed by atoms with Gasteiger partial charge in [0.25, 0.3) is 0 Å². The van der Waals surface area contributed by atoms with Crippen LogP contribution in [0.5, 0.6) is 0 Å². The first kappa shape index (κ1) is 16.0. The normalized spacial score (nSPS) is 20.7. The highest BCUT2D eigenvalue weighted by molar-refractivity contribution is 5.82. The van der Waals surface area contributed by atoms with Gasteiger partial charge in [-0.2, -0.15) is 0 Å². The number of rotatable bonds is 5. The van der Waals surface area contributed by atoms with Gasteiger partial charge in [0.2, 0.25) is 11.8 Å². The van der Waals surface area contributed by atoms with Gasteiger partial charge >= 0.3 is 0 Å². The molecule has 2 amide bonds. The Balaban J connectivity index is 2.68. The Morgan fingerprint density at radius 2 is 2.05 bits per heavy atom. The Hall–Kier alpha value is -1.10. The lowest BCUT2D eigenvalue weighted by Crippen LogP contribution is -2.51. The number of amides is 2. The van der Waals surface area contributed by atoms with E-state index >= 15 is 0 Å². The molecule has 1 fully saturated rings. The van der Waals surface area contributed by atoms with Crippen molar-refractivity contribution in [2.24, 2.45) is 11.7 Å². The number of hydrogen-bond donors (Lipinski definition) is 1. The molecule has 2 unspecified atom stereocenters. The largest absolute Gasteiger partial charge is 0.341 e. The molecule has 0 aromatic heterocycles. The van der Waals surface area contributed by atoms with Crippen molar-refractivity contribution >= 4 is 11.8 Å². The summed E-state index contributed by atoms with van der Waals surface area (Å²) in [6.07, 6.45) is 1.96. The number of likely N-dealkylation sites (tertiary alicyclic amines) is 1. The Labute approximate surface area is 116 Å². The van der Waals surface area contributed by atoms with Gasteiger partial charge in [0.1, 0.15) is 0 Å². The number of carbonyl (C=O) groups excluding carboxylic acids is 2. The number of carbonyl (C=O) groups is 2. The molecule has 5 nitrogen and oxygen atoms in total. The van der Waals surface area contributed by atoms with Gasteiger partial charge < -0.3 is 15.5 Å². The molecular formula is C14H27N3O2. The van der Waals surface area contributed by atoms with Crippen LogP contribution < -0.4 is 5.73 Å². The van der Waals surface area contributed by atoms with E-state index in [-0.39, 0.29) is 23.8 Å². The maximum Gasteiger partial charge on any atom is 0.240 e. The molecule has 1 heterocycles. The molecule has 19 heavy (non-hydrogen) atoms. The van der Waals surface area contributed by atoms with Crippen LogP contribution in [0.4, 0.5) is 0 Å². The third kappa shape index (κ3) is 3.93. The topological polar surface area (TPSA) is 66.6 Å². The molecule has 1 aliphatic heterocycles. The SMILES string of the molecule is CCN(CC1CCCN1C(=O)C(N)C(C)C)C(C)=O. The van der Waals surface area contributed by atoms with E-state index in [1.165, 1.54) is 0 Å². The zero-order chi connectivity index (χ0) is 14.6. The van der Waals surface area contributed by atoms with Crippen LogP contribution in [-0.2, 0) is 9.59 Å². The lowest BCUT2D eigenvalue weighted by Gasteiger charge is -2.32. The Morgan fingerprint density at radius 3 is 2.53 bits per heavy atom. The van der Waals surface area contributed by atoms with Crippen LogP contribution in [0.2, 0.25) is 0 Å². The zero-order valence-corrected chi connectivity index (χ0v) is 12.6. The van der Waals surface area contributed by atoms with Gasteiger partial charge in [0.15, 0.2) is 0 Å². The maximum absolute atomic E-state index is 12.3. The number of hydrogen-bond acceptors (Lipinski definition) is 3. The Morgan fingerprint density at radius 1 is 1.42 bits per heavy atom. The van der Waals surface area contributed by atoms with Crippen molar-refractivity contribution in [3.8, 4) is 0 Å². The third-order valence-electron chi connectivity index (χ3n) is 3.92. The molecule has 5 heteroatoms. The predicted octanol–water partition coefficient (Wildman–Crippen LogP) is 0.829. The summed E-state index contributed by atoms with van der Waals surface area (Å²) in [5.41, 5.74) is 5.95. The molecule has 1 rings (SSSR count). The first-order chi connectivity index (χ1) is 8.88. The Bertz CT molecular complexity index is 331. The summed E-state index contributed by atoms with van der Waals surface area (Å²) in [5.74, 6) is 0.232. The molecule has 1 saturated heterocycles. The van der Waals surface area contributed by atoms with Crippen LogP contribution in [0.25, 0.3) is 0 Å². The van der Waals surface area contributed by atoms with Gasteiger partial charge in [0.05, 0.1) is 6.04 Å². The lowest BCUT2D eigenvalue weighted by atomic mass is 10.0. The highest BCUT2D eigenvalue weighted by Gasteiger charge is 2.33. The lowest BCUT2D eigenvalue weighted by molar-refractivity contribution is -0.137. The van der Waals surface area contributed by atoms with E-state index in [9.17, 15) is 9.59 Å².